The third kappa shape index (κ3) is 2.79. The maximum Gasteiger partial charge on any atom is 0.290 e. The van der Waals surface area contributed by atoms with Gasteiger partial charge in [-0.1, -0.05) is 30.3 Å². The van der Waals surface area contributed by atoms with Gasteiger partial charge in [0, 0.05) is 35.8 Å². The first-order valence-electron chi connectivity index (χ1n) is 7.98. The average molecular weight is 329 g/mol. The minimum Gasteiger partial charge on any atom is -0.459 e. The van der Waals surface area contributed by atoms with Crippen molar-refractivity contribution in [2.75, 3.05) is 25.5 Å². The van der Waals surface area contributed by atoms with E-state index in [0.717, 1.165) is 43.1 Å². The van der Waals surface area contributed by atoms with E-state index in [2.05, 4.69) is 0 Å². The van der Waals surface area contributed by atoms with Gasteiger partial charge in [-0.15, -0.1) is 0 Å². The lowest BCUT2D eigenvalue weighted by atomic mass is 10.0. The normalized spacial score (nSPS) is 24.3. The molecule has 2 aliphatic heterocycles. The van der Waals surface area contributed by atoms with E-state index >= 15 is 0 Å². The summed E-state index contributed by atoms with van der Waals surface area (Å²) in [5.74, 6) is 1.41. The molecule has 2 aromatic rings. The topological polar surface area (TPSA) is 42.7 Å². The molecule has 0 N–H and O–H groups in total. The van der Waals surface area contributed by atoms with Crippen molar-refractivity contribution < 1.29 is 13.9 Å². The highest BCUT2D eigenvalue weighted by Gasteiger charge is 2.38. The van der Waals surface area contributed by atoms with Crippen LogP contribution in [-0.2, 0) is 4.74 Å². The third-order valence-electron chi connectivity index (χ3n) is 4.54. The molecule has 0 bridgehead atoms. The van der Waals surface area contributed by atoms with E-state index < -0.39 is 0 Å². The number of furan rings is 1. The molecule has 23 heavy (non-hydrogen) atoms. The van der Waals surface area contributed by atoms with Gasteiger partial charge in [-0.05, 0) is 18.1 Å². The van der Waals surface area contributed by atoms with Crippen LogP contribution in [0, 0.1) is 0 Å². The number of hydrogen-bond donors (Lipinski definition) is 0. The number of thioether (sulfide) groups is 1. The Morgan fingerprint density at radius 1 is 1.22 bits per heavy atom. The predicted octanol–water partition coefficient (Wildman–Crippen LogP) is 3.29. The number of fused-ring (bicyclic) bond motifs is 1. The number of amides is 1. The molecule has 5 heteroatoms. The number of nitrogens with zero attached hydrogens (tertiary/aromatic N) is 1. The Hall–Kier alpha value is -1.72. The summed E-state index contributed by atoms with van der Waals surface area (Å²) >= 11 is 1.92. The van der Waals surface area contributed by atoms with E-state index in [9.17, 15) is 4.79 Å². The quantitative estimate of drug-likeness (QED) is 0.848. The van der Waals surface area contributed by atoms with Crippen molar-refractivity contribution >= 4 is 17.7 Å². The van der Waals surface area contributed by atoms with Gasteiger partial charge in [0.05, 0.1) is 12.9 Å². The molecular formula is C18H19NO3S. The van der Waals surface area contributed by atoms with Gasteiger partial charge in [0.2, 0.25) is 0 Å². The molecule has 1 aromatic carbocycles. The van der Waals surface area contributed by atoms with Crippen LogP contribution in [0.5, 0.6) is 0 Å². The lowest BCUT2D eigenvalue weighted by Gasteiger charge is -2.43. The van der Waals surface area contributed by atoms with Crippen LogP contribution in [0.15, 0.2) is 47.1 Å². The molecule has 0 spiro atoms. The summed E-state index contributed by atoms with van der Waals surface area (Å²) in [7, 11) is 0. The van der Waals surface area contributed by atoms with Gasteiger partial charge in [-0.2, -0.15) is 11.8 Å². The molecule has 2 atom stereocenters. The number of benzene rings is 1. The van der Waals surface area contributed by atoms with E-state index in [1.165, 1.54) is 0 Å². The first kappa shape index (κ1) is 14.8. The zero-order chi connectivity index (χ0) is 15.6. The van der Waals surface area contributed by atoms with E-state index in [-0.39, 0.29) is 11.9 Å². The van der Waals surface area contributed by atoms with E-state index in [1.807, 2.05) is 53.1 Å². The van der Waals surface area contributed by atoms with Crippen molar-refractivity contribution in [2.24, 2.45) is 0 Å². The van der Waals surface area contributed by atoms with Crippen LogP contribution >= 0.6 is 11.8 Å². The fourth-order valence-corrected chi connectivity index (χ4v) is 4.69. The molecule has 0 radical (unpaired) electrons. The third-order valence-corrected chi connectivity index (χ3v) is 5.84. The first-order chi connectivity index (χ1) is 11.3. The van der Waals surface area contributed by atoms with E-state index in [4.69, 9.17) is 9.15 Å². The van der Waals surface area contributed by atoms with E-state index in [0.29, 0.717) is 11.0 Å². The summed E-state index contributed by atoms with van der Waals surface area (Å²) in [6.07, 6.45) is 2.51. The van der Waals surface area contributed by atoms with Crippen LogP contribution in [0.4, 0.5) is 0 Å². The average Bonchev–Trinajstić information content (AvgIpc) is 3.11. The smallest absolute Gasteiger partial charge is 0.290 e. The second-order valence-corrected chi connectivity index (χ2v) is 7.22. The lowest BCUT2D eigenvalue weighted by Crippen LogP contribution is -2.54. The van der Waals surface area contributed by atoms with Crippen LogP contribution in [-0.4, -0.2) is 47.6 Å². The Morgan fingerprint density at radius 3 is 2.96 bits per heavy atom. The molecule has 2 fully saturated rings. The summed E-state index contributed by atoms with van der Waals surface area (Å²) in [4.78, 5) is 15.1. The minimum atomic E-state index is 0.00560. The van der Waals surface area contributed by atoms with Crippen molar-refractivity contribution in [3.8, 4) is 11.1 Å². The molecule has 1 amide bonds. The summed E-state index contributed by atoms with van der Waals surface area (Å²) in [6, 6.07) is 12.1. The Bertz CT molecular complexity index is 683. The van der Waals surface area contributed by atoms with Crippen molar-refractivity contribution in [2.45, 2.75) is 17.7 Å². The van der Waals surface area contributed by atoms with E-state index in [1.54, 1.807) is 6.26 Å². The molecule has 2 aliphatic rings. The highest BCUT2D eigenvalue weighted by molar-refractivity contribution is 8.00. The van der Waals surface area contributed by atoms with Crippen LogP contribution in [0.3, 0.4) is 0 Å². The van der Waals surface area contributed by atoms with Gasteiger partial charge in [0.1, 0.15) is 0 Å². The molecule has 1 aromatic heterocycles. The Labute approximate surface area is 139 Å². The molecule has 0 aliphatic carbocycles. The molecular weight excluding hydrogens is 310 g/mol. The minimum absolute atomic E-state index is 0.00560. The maximum absolute atomic E-state index is 13.1. The second kappa shape index (κ2) is 6.42. The fraction of sp³-hybridized carbons (Fsp3) is 0.389. The van der Waals surface area contributed by atoms with Crippen molar-refractivity contribution in [3.63, 3.8) is 0 Å². The molecule has 0 saturated carbocycles. The Balaban J connectivity index is 1.63. The van der Waals surface area contributed by atoms with Crippen molar-refractivity contribution in [1.82, 2.24) is 4.90 Å². The highest BCUT2D eigenvalue weighted by Crippen LogP contribution is 2.33. The molecule has 4 rings (SSSR count). The molecule has 0 unspecified atom stereocenters. The number of rotatable bonds is 2. The lowest BCUT2D eigenvalue weighted by molar-refractivity contribution is 0.0301. The van der Waals surface area contributed by atoms with Gasteiger partial charge in [0.15, 0.2) is 5.76 Å². The number of carbonyl (C=O) groups is 1. The van der Waals surface area contributed by atoms with Gasteiger partial charge in [-0.25, -0.2) is 0 Å². The van der Waals surface area contributed by atoms with Gasteiger partial charge < -0.3 is 14.1 Å². The zero-order valence-corrected chi connectivity index (χ0v) is 13.6. The molecule has 120 valence electrons. The van der Waals surface area contributed by atoms with Gasteiger partial charge in [-0.3, -0.25) is 4.79 Å². The largest absolute Gasteiger partial charge is 0.459 e. The molecule has 2 saturated heterocycles. The van der Waals surface area contributed by atoms with Crippen LogP contribution in [0.1, 0.15) is 17.0 Å². The highest BCUT2D eigenvalue weighted by atomic mass is 32.2. The summed E-state index contributed by atoms with van der Waals surface area (Å²) in [5.41, 5.74) is 1.89. The van der Waals surface area contributed by atoms with Crippen LogP contribution in [0.25, 0.3) is 11.1 Å². The maximum atomic E-state index is 13.1. The van der Waals surface area contributed by atoms with Crippen molar-refractivity contribution in [1.29, 1.82) is 0 Å². The number of ether oxygens (including phenoxy) is 1. The van der Waals surface area contributed by atoms with Gasteiger partial charge in [0.25, 0.3) is 5.91 Å². The summed E-state index contributed by atoms with van der Waals surface area (Å²) in [6.45, 7) is 2.25. The van der Waals surface area contributed by atoms with Crippen molar-refractivity contribution in [3.05, 3.63) is 48.4 Å². The Morgan fingerprint density at radius 2 is 2.09 bits per heavy atom. The second-order valence-electron chi connectivity index (χ2n) is 5.87. The number of carbonyl (C=O) groups excluding carboxylic acids is 1. The standard InChI is InChI=1S/C18H19NO3S/c20-18(19-8-11-23-16-12-21-9-7-15(16)19)17-14(6-10-22-17)13-4-2-1-3-5-13/h1-6,10,15-16H,7-9,11-12H2/t15-,16-/m1/s1. The SMILES string of the molecule is O=C(c1occc1-c1ccccc1)N1CCS[C@@H]2COCC[C@H]21. The number of hydrogen-bond acceptors (Lipinski definition) is 4. The molecule has 3 heterocycles. The Kier molecular flexibility index (Phi) is 4.14. The first-order valence-corrected chi connectivity index (χ1v) is 9.02. The van der Waals surface area contributed by atoms with Crippen LogP contribution < -0.4 is 0 Å². The monoisotopic (exact) mass is 329 g/mol. The summed E-state index contributed by atoms with van der Waals surface area (Å²) < 4.78 is 11.2. The van der Waals surface area contributed by atoms with Gasteiger partial charge >= 0.3 is 0 Å². The molecule has 4 nitrogen and oxygen atoms in total. The van der Waals surface area contributed by atoms with Crippen LogP contribution in [0.2, 0.25) is 0 Å². The predicted molar refractivity (Wildman–Crippen MR) is 90.7 cm³/mol. The fourth-order valence-electron chi connectivity index (χ4n) is 3.39. The summed E-state index contributed by atoms with van der Waals surface area (Å²) in [5, 5.41) is 0.386. The zero-order valence-electron chi connectivity index (χ0n) is 12.8.